The third kappa shape index (κ3) is 3.98. The molecular formula is C13H20N2O2. The molecule has 0 fully saturated rings. The van der Waals surface area contributed by atoms with Crippen molar-refractivity contribution in [1.29, 1.82) is 0 Å². The summed E-state index contributed by atoms with van der Waals surface area (Å²) in [4.78, 5) is 11.4. The van der Waals surface area contributed by atoms with Gasteiger partial charge in [-0.3, -0.25) is 4.79 Å². The van der Waals surface area contributed by atoms with Gasteiger partial charge in [0.05, 0.1) is 12.3 Å². The maximum atomic E-state index is 11.4. The molecule has 0 aliphatic rings. The third-order valence-corrected chi connectivity index (χ3v) is 2.50. The van der Waals surface area contributed by atoms with Crippen LogP contribution in [-0.4, -0.2) is 19.6 Å². The first-order valence-corrected chi connectivity index (χ1v) is 5.93. The van der Waals surface area contributed by atoms with Gasteiger partial charge in [0.15, 0.2) is 0 Å². The lowest BCUT2D eigenvalue weighted by Crippen LogP contribution is -2.17. The summed E-state index contributed by atoms with van der Waals surface area (Å²) in [5.74, 6) is 0.503. The number of ether oxygens (including phenoxy) is 1. The van der Waals surface area contributed by atoms with Crippen molar-refractivity contribution in [2.45, 2.75) is 26.2 Å². The number of carbonyl (C=O) groups is 1. The molecule has 1 aromatic rings. The van der Waals surface area contributed by atoms with E-state index in [9.17, 15) is 4.79 Å². The molecule has 94 valence electrons. The molecule has 3 N–H and O–H groups in total. The molecule has 1 aromatic carbocycles. The van der Waals surface area contributed by atoms with Crippen LogP contribution in [0.25, 0.3) is 0 Å². The lowest BCUT2D eigenvalue weighted by molar-refractivity contribution is 0.0963. The highest BCUT2D eigenvalue weighted by molar-refractivity contribution is 5.95. The highest BCUT2D eigenvalue weighted by atomic mass is 16.5. The zero-order valence-electron chi connectivity index (χ0n) is 10.5. The van der Waals surface area contributed by atoms with Gasteiger partial charge in [-0.05, 0) is 24.6 Å². The molecule has 0 spiro atoms. The number of rotatable bonds is 6. The molecule has 0 heterocycles. The number of hydrogen-bond donors (Lipinski definition) is 2. The lowest BCUT2D eigenvalue weighted by atomic mass is 10.2. The van der Waals surface area contributed by atoms with Gasteiger partial charge in [-0.25, -0.2) is 0 Å². The molecule has 0 saturated carbocycles. The summed E-state index contributed by atoms with van der Waals surface area (Å²) in [6.07, 6.45) is 3.33. The van der Waals surface area contributed by atoms with Crippen LogP contribution in [0.15, 0.2) is 18.2 Å². The Morgan fingerprint density at radius 2 is 2.18 bits per heavy atom. The maximum absolute atomic E-state index is 11.4. The SMILES string of the molecule is CCCCCOc1ccc(C(=O)NC)cc1N. The number of hydrogen-bond acceptors (Lipinski definition) is 3. The average Bonchev–Trinajstić information content (AvgIpc) is 2.35. The predicted octanol–water partition coefficient (Wildman–Crippen LogP) is 2.20. The van der Waals surface area contributed by atoms with E-state index < -0.39 is 0 Å². The van der Waals surface area contributed by atoms with Gasteiger partial charge in [-0.15, -0.1) is 0 Å². The van der Waals surface area contributed by atoms with Crippen molar-refractivity contribution >= 4 is 11.6 Å². The van der Waals surface area contributed by atoms with Crippen LogP contribution in [0, 0.1) is 0 Å². The quantitative estimate of drug-likeness (QED) is 0.588. The van der Waals surface area contributed by atoms with Crippen LogP contribution in [0.4, 0.5) is 5.69 Å². The number of amides is 1. The van der Waals surface area contributed by atoms with Crippen molar-refractivity contribution < 1.29 is 9.53 Å². The fourth-order valence-corrected chi connectivity index (χ4v) is 1.50. The van der Waals surface area contributed by atoms with E-state index in [4.69, 9.17) is 10.5 Å². The summed E-state index contributed by atoms with van der Waals surface area (Å²) in [6, 6.07) is 5.09. The van der Waals surface area contributed by atoms with Crippen molar-refractivity contribution in [3.63, 3.8) is 0 Å². The van der Waals surface area contributed by atoms with Crippen LogP contribution < -0.4 is 15.8 Å². The Hall–Kier alpha value is -1.71. The number of benzene rings is 1. The summed E-state index contributed by atoms with van der Waals surface area (Å²) in [5.41, 5.74) is 6.87. The van der Waals surface area contributed by atoms with Crippen LogP contribution in [0.2, 0.25) is 0 Å². The summed E-state index contributed by atoms with van der Waals surface area (Å²) >= 11 is 0. The molecule has 1 rings (SSSR count). The Kier molecular flexibility index (Phi) is 5.33. The highest BCUT2D eigenvalue weighted by Crippen LogP contribution is 2.22. The number of nitrogen functional groups attached to an aromatic ring is 1. The minimum absolute atomic E-state index is 0.144. The van der Waals surface area contributed by atoms with E-state index in [0.717, 1.165) is 19.3 Å². The zero-order valence-corrected chi connectivity index (χ0v) is 10.5. The Balaban J connectivity index is 2.60. The second-order valence-electron chi connectivity index (χ2n) is 3.89. The Bertz CT molecular complexity index is 378. The minimum atomic E-state index is -0.144. The normalized spacial score (nSPS) is 10.0. The Labute approximate surface area is 102 Å². The van der Waals surface area contributed by atoms with E-state index in [1.165, 1.54) is 0 Å². The molecule has 0 saturated heterocycles. The number of anilines is 1. The first-order valence-electron chi connectivity index (χ1n) is 5.93. The number of nitrogens with one attached hydrogen (secondary N) is 1. The van der Waals surface area contributed by atoms with Gasteiger partial charge >= 0.3 is 0 Å². The number of nitrogens with two attached hydrogens (primary N) is 1. The van der Waals surface area contributed by atoms with Crippen LogP contribution in [0.5, 0.6) is 5.75 Å². The van der Waals surface area contributed by atoms with Crippen molar-refractivity contribution in [3.05, 3.63) is 23.8 Å². The van der Waals surface area contributed by atoms with Crippen LogP contribution in [-0.2, 0) is 0 Å². The number of unbranched alkanes of at least 4 members (excludes halogenated alkanes) is 2. The summed E-state index contributed by atoms with van der Waals surface area (Å²) in [6.45, 7) is 2.81. The predicted molar refractivity (Wildman–Crippen MR) is 69.3 cm³/mol. The Morgan fingerprint density at radius 3 is 2.76 bits per heavy atom. The fourth-order valence-electron chi connectivity index (χ4n) is 1.50. The largest absolute Gasteiger partial charge is 0.491 e. The smallest absolute Gasteiger partial charge is 0.251 e. The summed E-state index contributed by atoms with van der Waals surface area (Å²) in [7, 11) is 1.59. The highest BCUT2D eigenvalue weighted by Gasteiger charge is 2.06. The van der Waals surface area contributed by atoms with E-state index in [-0.39, 0.29) is 5.91 Å². The first kappa shape index (κ1) is 13.4. The summed E-state index contributed by atoms with van der Waals surface area (Å²) in [5, 5.41) is 2.55. The molecule has 0 unspecified atom stereocenters. The fraction of sp³-hybridized carbons (Fsp3) is 0.462. The topological polar surface area (TPSA) is 64.3 Å². The molecule has 0 aliphatic heterocycles. The lowest BCUT2D eigenvalue weighted by Gasteiger charge is -2.09. The van der Waals surface area contributed by atoms with Crippen molar-refractivity contribution in [2.75, 3.05) is 19.4 Å². The van der Waals surface area contributed by atoms with Gasteiger partial charge in [-0.2, -0.15) is 0 Å². The molecule has 0 aromatic heterocycles. The first-order chi connectivity index (χ1) is 8.19. The Morgan fingerprint density at radius 1 is 1.41 bits per heavy atom. The van der Waals surface area contributed by atoms with E-state index in [2.05, 4.69) is 12.2 Å². The van der Waals surface area contributed by atoms with Crippen LogP contribution in [0.3, 0.4) is 0 Å². The van der Waals surface area contributed by atoms with E-state index in [1.807, 2.05) is 0 Å². The monoisotopic (exact) mass is 236 g/mol. The zero-order chi connectivity index (χ0) is 12.7. The second-order valence-corrected chi connectivity index (χ2v) is 3.89. The average molecular weight is 236 g/mol. The van der Waals surface area contributed by atoms with Gasteiger partial charge in [0.1, 0.15) is 5.75 Å². The van der Waals surface area contributed by atoms with Crippen LogP contribution in [0.1, 0.15) is 36.5 Å². The van der Waals surface area contributed by atoms with E-state index >= 15 is 0 Å². The second kappa shape index (κ2) is 6.78. The summed E-state index contributed by atoms with van der Waals surface area (Å²) < 4.78 is 5.55. The molecule has 0 bridgehead atoms. The van der Waals surface area contributed by atoms with Gasteiger partial charge in [0, 0.05) is 12.6 Å². The van der Waals surface area contributed by atoms with E-state index in [1.54, 1.807) is 25.2 Å². The molecule has 4 nitrogen and oxygen atoms in total. The number of carbonyl (C=O) groups excluding carboxylic acids is 1. The molecule has 1 amide bonds. The van der Waals surface area contributed by atoms with E-state index in [0.29, 0.717) is 23.6 Å². The van der Waals surface area contributed by atoms with Crippen molar-refractivity contribution in [3.8, 4) is 5.75 Å². The van der Waals surface area contributed by atoms with Gasteiger partial charge in [0.2, 0.25) is 0 Å². The minimum Gasteiger partial charge on any atom is -0.491 e. The van der Waals surface area contributed by atoms with Gasteiger partial charge < -0.3 is 15.8 Å². The molecule has 0 aliphatic carbocycles. The molecule has 17 heavy (non-hydrogen) atoms. The van der Waals surface area contributed by atoms with Gasteiger partial charge in [-0.1, -0.05) is 19.8 Å². The van der Waals surface area contributed by atoms with Crippen molar-refractivity contribution in [2.24, 2.45) is 0 Å². The molecule has 0 atom stereocenters. The van der Waals surface area contributed by atoms with Crippen LogP contribution >= 0.6 is 0 Å². The third-order valence-electron chi connectivity index (χ3n) is 2.50. The molecule has 0 radical (unpaired) electrons. The standard InChI is InChI=1S/C13H20N2O2/c1-3-4-5-8-17-12-7-6-10(9-11(12)14)13(16)15-2/h6-7,9H,3-5,8,14H2,1-2H3,(H,15,16). The molecular weight excluding hydrogens is 216 g/mol. The maximum Gasteiger partial charge on any atom is 0.251 e. The molecule has 4 heteroatoms. The van der Waals surface area contributed by atoms with Gasteiger partial charge in [0.25, 0.3) is 5.91 Å². The van der Waals surface area contributed by atoms with Crippen molar-refractivity contribution in [1.82, 2.24) is 5.32 Å².